The first-order valence-electron chi connectivity index (χ1n) is 6.28. The summed E-state index contributed by atoms with van der Waals surface area (Å²) in [6.07, 6.45) is 2.38. The van der Waals surface area contributed by atoms with Crippen molar-refractivity contribution in [1.82, 2.24) is 4.98 Å². The number of aromatic nitrogens is 1. The van der Waals surface area contributed by atoms with Crippen molar-refractivity contribution >= 4 is 11.5 Å². The van der Waals surface area contributed by atoms with Crippen LogP contribution in [0.1, 0.15) is 32.4 Å². The second-order valence-electron chi connectivity index (χ2n) is 5.30. The lowest BCUT2D eigenvalue weighted by molar-refractivity contribution is -0.385. The van der Waals surface area contributed by atoms with Crippen molar-refractivity contribution in [3.05, 3.63) is 27.9 Å². The molecule has 1 aromatic rings. The van der Waals surface area contributed by atoms with Crippen LogP contribution in [0.3, 0.4) is 0 Å². The van der Waals surface area contributed by atoms with Gasteiger partial charge in [0.1, 0.15) is 11.9 Å². The Bertz CT molecular complexity index is 544. The summed E-state index contributed by atoms with van der Waals surface area (Å²) >= 11 is 0. The van der Waals surface area contributed by atoms with Gasteiger partial charge in [0.25, 0.3) is 0 Å². The van der Waals surface area contributed by atoms with Gasteiger partial charge in [0.05, 0.1) is 4.92 Å². The van der Waals surface area contributed by atoms with E-state index in [0.29, 0.717) is 17.2 Å². The van der Waals surface area contributed by atoms with Crippen molar-refractivity contribution in [2.24, 2.45) is 11.3 Å². The third kappa shape index (κ3) is 2.65. The molecule has 1 fully saturated rings. The number of rotatable bonds is 5. The van der Waals surface area contributed by atoms with Crippen LogP contribution in [0.5, 0.6) is 0 Å². The van der Waals surface area contributed by atoms with Gasteiger partial charge in [-0.3, -0.25) is 10.1 Å². The van der Waals surface area contributed by atoms with Crippen molar-refractivity contribution < 1.29 is 4.92 Å². The number of pyridine rings is 1. The Morgan fingerprint density at radius 2 is 2.26 bits per heavy atom. The molecule has 1 saturated carbocycles. The average molecular weight is 260 g/mol. The molecule has 1 N–H and O–H groups in total. The predicted molar refractivity (Wildman–Crippen MR) is 70.6 cm³/mol. The van der Waals surface area contributed by atoms with Gasteiger partial charge in [-0.15, -0.1) is 0 Å². The Balaban J connectivity index is 2.10. The van der Waals surface area contributed by atoms with E-state index in [2.05, 4.69) is 24.1 Å². The van der Waals surface area contributed by atoms with Crippen LogP contribution in [-0.2, 0) is 0 Å². The molecule has 0 spiro atoms. The zero-order chi connectivity index (χ0) is 14.0. The van der Waals surface area contributed by atoms with Gasteiger partial charge in [-0.2, -0.15) is 5.26 Å². The van der Waals surface area contributed by atoms with Crippen LogP contribution < -0.4 is 5.32 Å². The monoisotopic (exact) mass is 260 g/mol. The summed E-state index contributed by atoms with van der Waals surface area (Å²) in [4.78, 5) is 14.1. The highest BCUT2D eigenvalue weighted by molar-refractivity contribution is 5.50. The number of nitrogens with zero attached hydrogens (tertiary/aromatic N) is 3. The molecule has 0 saturated heterocycles. The maximum atomic E-state index is 10.7. The minimum absolute atomic E-state index is 0.149. The minimum atomic E-state index is -0.591. The average Bonchev–Trinajstić information content (AvgIpc) is 3.17. The molecule has 2 rings (SSSR count). The predicted octanol–water partition coefficient (Wildman–Crippen LogP) is 2.71. The molecule has 0 aromatic carbocycles. The molecule has 0 aliphatic heterocycles. The Morgan fingerprint density at radius 1 is 1.58 bits per heavy atom. The molecule has 100 valence electrons. The Kier molecular flexibility index (Phi) is 3.38. The van der Waals surface area contributed by atoms with Gasteiger partial charge in [-0.05, 0) is 30.2 Å². The number of nitro groups is 1. The van der Waals surface area contributed by atoms with Crippen molar-refractivity contribution in [3.8, 4) is 6.07 Å². The van der Waals surface area contributed by atoms with Crippen LogP contribution in [0.15, 0.2) is 12.1 Å². The van der Waals surface area contributed by atoms with Gasteiger partial charge in [-0.25, -0.2) is 4.98 Å². The third-order valence-corrected chi connectivity index (χ3v) is 3.92. The van der Waals surface area contributed by atoms with E-state index < -0.39 is 4.92 Å². The van der Waals surface area contributed by atoms with E-state index in [9.17, 15) is 10.1 Å². The summed E-state index contributed by atoms with van der Waals surface area (Å²) in [7, 11) is 0. The summed E-state index contributed by atoms with van der Waals surface area (Å²) in [5.41, 5.74) is -0.0848. The van der Waals surface area contributed by atoms with Gasteiger partial charge in [0, 0.05) is 12.6 Å². The van der Waals surface area contributed by atoms with Crippen molar-refractivity contribution in [2.75, 3.05) is 11.9 Å². The second kappa shape index (κ2) is 4.84. The number of nitriles is 1. The highest BCUT2D eigenvalue weighted by Gasteiger charge is 2.44. The second-order valence-corrected chi connectivity index (χ2v) is 5.30. The molecule has 0 amide bonds. The lowest BCUT2D eigenvalue weighted by Gasteiger charge is -2.20. The van der Waals surface area contributed by atoms with Crippen LogP contribution in [0.4, 0.5) is 11.5 Å². The topological polar surface area (TPSA) is 91.9 Å². The van der Waals surface area contributed by atoms with Crippen molar-refractivity contribution in [3.63, 3.8) is 0 Å². The summed E-state index contributed by atoms with van der Waals surface area (Å²) in [6, 6.07) is 4.63. The van der Waals surface area contributed by atoms with Crippen molar-refractivity contribution in [2.45, 2.75) is 26.7 Å². The van der Waals surface area contributed by atoms with Crippen LogP contribution in [0.2, 0.25) is 0 Å². The largest absolute Gasteiger partial charge is 0.369 e. The zero-order valence-electron chi connectivity index (χ0n) is 11.0. The maximum absolute atomic E-state index is 10.7. The van der Waals surface area contributed by atoms with Crippen LogP contribution >= 0.6 is 0 Å². The van der Waals surface area contributed by atoms with Gasteiger partial charge < -0.3 is 5.32 Å². The van der Waals surface area contributed by atoms with Gasteiger partial charge in [0.2, 0.25) is 5.69 Å². The van der Waals surface area contributed by atoms with Gasteiger partial charge in [0.15, 0.2) is 0 Å². The van der Waals surface area contributed by atoms with E-state index in [0.717, 1.165) is 6.54 Å². The lowest BCUT2D eigenvalue weighted by Crippen LogP contribution is -2.21. The molecule has 6 nitrogen and oxygen atoms in total. The Labute approximate surface area is 111 Å². The van der Waals surface area contributed by atoms with Gasteiger partial charge in [-0.1, -0.05) is 13.8 Å². The summed E-state index contributed by atoms with van der Waals surface area (Å²) in [6.45, 7) is 5.18. The van der Waals surface area contributed by atoms with Crippen LogP contribution in [-0.4, -0.2) is 16.5 Å². The summed E-state index contributed by atoms with van der Waals surface area (Å²) in [5, 5.41) is 22.8. The van der Waals surface area contributed by atoms with Gasteiger partial charge >= 0.3 is 5.69 Å². The van der Waals surface area contributed by atoms with E-state index in [1.54, 1.807) is 12.1 Å². The molecule has 6 heteroatoms. The number of hydrogen-bond donors (Lipinski definition) is 1. The molecule has 1 heterocycles. The minimum Gasteiger partial charge on any atom is -0.369 e. The third-order valence-electron chi connectivity index (χ3n) is 3.92. The quantitative estimate of drug-likeness (QED) is 0.649. The molecule has 0 radical (unpaired) electrons. The fraction of sp³-hybridized carbons (Fsp3) is 0.538. The molecule has 1 aliphatic carbocycles. The Morgan fingerprint density at radius 3 is 2.74 bits per heavy atom. The number of anilines is 1. The SMILES string of the molecule is CC(C)C1(CNc2ccc([N+](=O)[O-])c(C#N)n2)CC1. The van der Waals surface area contributed by atoms with Crippen molar-refractivity contribution in [1.29, 1.82) is 5.26 Å². The zero-order valence-corrected chi connectivity index (χ0v) is 11.0. The van der Waals surface area contributed by atoms with Crippen LogP contribution in [0, 0.1) is 32.8 Å². The van der Waals surface area contributed by atoms with E-state index in [1.807, 2.05) is 0 Å². The molecule has 0 bridgehead atoms. The van der Waals surface area contributed by atoms with E-state index in [-0.39, 0.29) is 11.4 Å². The fourth-order valence-electron chi connectivity index (χ4n) is 2.17. The molecule has 0 unspecified atom stereocenters. The lowest BCUT2D eigenvalue weighted by atomic mass is 9.92. The number of hydrogen-bond acceptors (Lipinski definition) is 5. The summed E-state index contributed by atoms with van der Waals surface area (Å²) in [5.74, 6) is 1.11. The normalized spacial score (nSPS) is 15.9. The summed E-state index contributed by atoms with van der Waals surface area (Å²) < 4.78 is 0. The van der Waals surface area contributed by atoms with E-state index in [1.165, 1.54) is 18.9 Å². The smallest absolute Gasteiger partial charge is 0.305 e. The van der Waals surface area contributed by atoms with E-state index >= 15 is 0 Å². The maximum Gasteiger partial charge on any atom is 0.305 e. The highest BCUT2D eigenvalue weighted by atomic mass is 16.6. The first-order chi connectivity index (χ1) is 8.98. The molecule has 19 heavy (non-hydrogen) atoms. The van der Waals surface area contributed by atoms with Crippen LogP contribution in [0.25, 0.3) is 0 Å². The van der Waals surface area contributed by atoms with E-state index in [4.69, 9.17) is 5.26 Å². The highest BCUT2D eigenvalue weighted by Crippen LogP contribution is 2.51. The molecule has 1 aliphatic rings. The first kappa shape index (κ1) is 13.3. The molecular formula is C13H16N4O2. The molecule has 0 atom stereocenters. The standard InChI is InChI=1S/C13H16N4O2/c1-9(2)13(5-6-13)8-15-12-4-3-11(17(18)19)10(7-14)16-12/h3-4,9H,5-6,8H2,1-2H3,(H,15,16). The molecular weight excluding hydrogens is 244 g/mol. The Hall–Kier alpha value is -2.16. The molecule has 1 aromatic heterocycles. The first-order valence-corrected chi connectivity index (χ1v) is 6.28. The number of nitrogens with one attached hydrogen (secondary N) is 1. The fourth-order valence-corrected chi connectivity index (χ4v) is 2.17.